The highest BCUT2D eigenvalue weighted by molar-refractivity contribution is 7.89. The number of methoxy groups -OCH3 is 1. The van der Waals surface area contributed by atoms with Gasteiger partial charge in [-0.1, -0.05) is 6.08 Å². The second kappa shape index (κ2) is 8.30. The summed E-state index contributed by atoms with van der Waals surface area (Å²) in [6.07, 6.45) is 1.50. The van der Waals surface area contributed by atoms with E-state index < -0.39 is 21.9 Å². The van der Waals surface area contributed by atoms with Gasteiger partial charge in [-0.2, -0.15) is 0 Å². The van der Waals surface area contributed by atoms with Gasteiger partial charge in [0.2, 0.25) is 10.0 Å². The second-order valence-electron chi connectivity index (χ2n) is 4.25. The zero-order valence-corrected chi connectivity index (χ0v) is 13.0. The van der Waals surface area contributed by atoms with Gasteiger partial charge in [-0.3, -0.25) is 9.59 Å². The van der Waals surface area contributed by atoms with Crippen LogP contribution in [0.15, 0.2) is 41.8 Å². The van der Waals surface area contributed by atoms with E-state index in [1.807, 2.05) is 0 Å². The molecular weight excluding hydrogens is 308 g/mol. The van der Waals surface area contributed by atoms with E-state index in [1.165, 1.54) is 37.5 Å². The predicted molar refractivity (Wildman–Crippen MR) is 80.8 cm³/mol. The summed E-state index contributed by atoms with van der Waals surface area (Å²) in [4.78, 5) is 22.8. The molecule has 0 fully saturated rings. The first-order valence-electron chi connectivity index (χ1n) is 6.46. The number of benzene rings is 1. The van der Waals surface area contributed by atoms with Crippen molar-refractivity contribution in [3.8, 4) is 0 Å². The van der Waals surface area contributed by atoms with E-state index in [1.54, 1.807) is 0 Å². The average Bonchev–Trinajstić information content (AvgIpc) is 2.52. The van der Waals surface area contributed by atoms with Crippen molar-refractivity contribution >= 4 is 21.9 Å². The predicted octanol–water partition coefficient (Wildman–Crippen LogP) is 0.444. The minimum atomic E-state index is -3.61. The lowest BCUT2D eigenvalue weighted by atomic mass is 10.2. The normalized spacial score (nSPS) is 10.8. The van der Waals surface area contributed by atoms with E-state index in [0.29, 0.717) is 5.56 Å². The molecule has 0 unspecified atom stereocenters. The Morgan fingerprint density at radius 3 is 2.45 bits per heavy atom. The van der Waals surface area contributed by atoms with Crippen LogP contribution in [0.4, 0.5) is 0 Å². The van der Waals surface area contributed by atoms with Crippen LogP contribution in [0.5, 0.6) is 0 Å². The van der Waals surface area contributed by atoms with Crippen LogP contribution >= 0.6 is 0 Å². The lowest BCUT2D eigenvalue weighted by Crippen LogP contribution is -2.26. The van der Waals surface area contributed by atoms with Crippen molar-refractivity contribution in [3.05, 3.63) is 42.5 Å². The Morgan fingerprint density at radius 1 is 1.27 bits per heavy atom. The van der Waals surface area contributed by atoms with Crippen LogP contribution in [0.3, 0.4) is 0 Å². The number of nitrogens with one attached hydrogen (secondary N) is 2. The molecule has 0 bridgehead atoms. The summed E-state index contributed by atoms with van der Waals surface area (Å²) in [5, 5.41) is 2.54. The summed E-state index contributed by atoms with van der Waals surface area (Å²) in [5.74, 6) is -0.818. The molecule has 2 N–H and O–H groups in total. The fraction of sp³-hybridized carbons (Fsp3) is 0.286. The van der Waals surface area contributed by atoms with Crippen molar-refractivity contribution in [2.24, 2.45) is 0 Å². The third-order valence-electron chi connectivity index (χ3n) is 2.69. The van der Waals surface area contributed by atoms with Gasteiger partial charge in [0.15, 0.2) is 0 Å². The van der Waals surface area contributed by atoms with Gasteiger partial charge in [0, 0.05) is 18.7 Å². The fourth-order valence-corrected chi connectivity index (χ4v) is 2.52. The van der Waals surface area contributed by atoms with E-state index in [9.17, 15) is 18.0 Å². The number of sulfonamides is 1. The smallest absolute Gasteiger partial charge is 0.307 e. The summed E-state index contributed by atoms with van der Waals surface area (Å²) in [5.41, 5.74) is 0.299. The number of ether oxygens (including phenoxy) is 1. The molecule has 1 rings (SSSR count). The SMILES string of the molecule is C=CCNS(=O)(=O)c1ccc(C(=O)NCCC(=O)OC)cc1. The Morgan fingerprint density at radius 2 is 1.91 bits per heavy atom. The zero-order chi connectivity index (χ0) is 16.6. The molecule has 1 amide bonds. The Hall–Kier alpha value is -2.19. The Labute approximate surface area is 129 Å². The van der Waals surface area contributed by atoms with Crippen LogP contribution in [0, 0.1) is 0 Å². The van der Waals surface area contributed by atoms with Crippen LogP contribution < -0.4 is 10.0 Å². The van der Waals surface area contributed by atoms with E-state index >= 15 is 0 Å². The molecular formula is C14H18N2O5S. The minimum absolute atomic E-state index is 0.0560. The van der Waals surface area contributed by atoms with E-state index in [-0.39, 0.29) is 24.4 Å². The number of carbonyl (C=O) groups is 2. The Bertz CT molecular complexity index is 638. The number of amides is 1. The molecule has 8 heteroatoms. The van der Waals surface area contributed by atoms with E-state index in [2.05, 4.69) is 21.4 Å². The van der Waals surface area contributed by atoms with Gasteiger partial charge in [-0.25, -0.2) is 13.1 Å². The van der Waals surface area contributed by atoms with Crippen molar-refractivity contribution in [2.45, 2.75) is 11.3 Å². The van der Waals surface area contributed by atoms with Gasteiger partial charge >= 0.3 is 5.97 Å². The van der Waals surface area contributed by atoms with Gasteiger partial charge in [-0.15, -0.1) is 6.58 Å². The molecule has 0 saturated carbocycles. The van der Waals surface area contributed by atoms with Gasteiger partial charge < -0.3 is 10.1 Å². The van der Waals surface area contributed by atoms with Crippen molar-refractivity contribution in [2.75, 3.05) is 20.2 Å². The third-order valence-corrected chi connectivity index (χ3v) is 4.13. The van der Waals surface area contributed by atoms with Gasteiger partial charge in [0.1, 0.15) is 0 Å². The van der Waals surface area contributed by atoms with Gasteiger partial charge in [0.05, 0.1) is 18.4 Å². The minimum Gasteiger partial charge on any atom is -0.469 e. The molecule has 22 heavy (non-hydrogen) atoms. The maximum atomic E-state index is 11.8. The van der Waals surface area contributed by atoms with Crippen molar-refractivity contribution in [1.82, 2.24) is 10.0 Å². The molecule has 0 saturated heterocycles. The Balaban J connectivity index is 2.66. The molecule has 1 aromatic rings. The molecule has 0 aliphatic carbocycles. The van der Waals surface area contributed by atoms with Crippen LogP contribution in [0.2, 0.25) is 0 Å². The topological polar surface area (TPSA) is 102 Å². The highest BCUT2D eigenvalue weighted by atomic mass is 32.2. The molecule has 0 radical (unpaired) electrons. The van der Waals surface area contributed by atoms with E-state index in [0.717, 1.165) is 0 Å². The number of carbonyl (C=O) groups excluding carboxylic acids is 2. The Kier molecular flexibility index (Phi) is 6.74. The van der Waals surface area contributed by atoms with Crippen LogP contribution in [-0.4, -0.2) is 40.5 Å². The maximum Gasteiger partial charge on any atom is 0.307 e. The lowest BCUT2D eigenvalue weighted by molar-refractivity contribution is -0.140. The van der Waals surface area contributed by atoms with E-state index in [4.69, 9.17) is 0 Å². The largest absolute Gasteiger partial charge is 0.469 e. The highest BCUT2D eigenvalue weighted by Gasteiger charge is 2.14. The molecule has 0 spiro atoms. The number of hydrogen-bond donors (Lipinski definition) is 2. The third kappa shape index (κ3) is 5.30. The number of esters is 1. The van der Waals surface area contributed by atoms with Crippen LogP contribution in [-0.2, 0) is 19.6 Å². The molecule has 7 nitrogen and oxygen atoms in total. The lowest BCUT2D eigenvalue weighted by Gasteiger charge is -2.07. The number of hydrogen-bond acceptors (Lipinski definition) is 5. The zero-order valence-electron chi connectivity index (χ0n) is 12.2. The first kappa shape index (κ1) is 17.9. The first-order chi connectivity index (χ1) is 10.4. The summed E-state index contributed by atoms with van der Waals surface area (Å²) in [6.45, 7) is 3.70. The monoisotopic (exact) mass is 326 g/mol. The van der Waals surface area contributed by atoms with Gasteiger partial charge in [0.25, 0.3) is 5.91 Å². The summed E-state index contributed by atoms with van der Waals surface area (Å²) in [7, 11) is -2.34. The van der Waals surface area contributed by atoms with Crippen molar-refractivity contribution in [1.29, 1.82) is 0 Å². The summed E-state index contributed by atoms with van der Waals surface area (Å²) < 4.78 is 30.5. The molecule has 120 valence electrons. The molecule has 0 aliphatic rings. The summed E-state index contributed by atoms with van der Waals surface area (Å²) in [6, 6.07) is 5.47. The molecule has 1 aromatic carbocycles. The fourth-order valence-electron chi connectivity index (χ4n) is 1.52. The summed E-state index contributed by atoms with van der Waals surface area (Å²) >= 11 is 0. The van der Waals surface area contributed by atoms with Gasteiger partial charge in [-0.05, 0) is 24.3 Å². The average molecular weight is 326 g/mol. The van der Waals surface area contributed by atoms with Crippen molar-refractivity contribution < 1.29 is 22.7 Å². The molecule has 0 aliphatic heterocycles. The first-order valence-corrected chi connectivity index (χ1v) is 7.94. The standard InChI is InChI=1S/C14H18N2O5S/c1-3-9-16-22(19,20)12-6-4-11(5-7-12)14(18)15-10-8-13(17)21-2/h3-7,16H,1,8-10H2,2H3,(H,15,18). The van der Waals surface area contributed by atoms with Crippen LogP contribution in [0.1, 0.15) is 16.8 Å². The molecule has 0 aromatic heterocycles. The molecule has 0 atom stereocenters. The highest BCUT2D eigenvalue weighted by Crippen LogP contribution is 2.10. The maximum absolute atomic E-state index is 11.8. The van der Waals surface area contributed by atoms with Crippen molar-refractivity contribution in [3.63, 3.8) is 0 Å². The quantitative estimate of drug-likeness (QED) is 0.533. The van der Waals surface area contributed by atoms with Crippen LogP contribution in [0.25, 0.3) is 0 Å². The molecule has 0 heterocycles. The second-order valence-corrected chi connectivity index (χ2v) is 6.01. The number of rotatable bonds is 8.